The van der Waals surface area contributed by atoms with Gasteiger partial charge in [-0.25, -0.2) is 4.79 Å². The van der Waals surface area contributed by atoms with Gasteiger partial charge in [-0.1, -0.05) is 78.9 Å². The monoisotopic (exact) mass is 617 g/mol. The summed E-state index contributed by atoms with van der Waals surface area (Å²) >= 11 is 0. The maximum absolute atomic E-state index is 13.1. The fourth-order valence-corrected chi connectivity index (χ4v) is 5.45. The Labute approximate surface area is 257 Å². The second-order valence-corrected chi connectivity index (χ2v) is 12.2. The quantitative estimate of drug-likeness (QED) is 0.122. The molecule has 0 aliphatic heterocycles. The molecule has 0 saturated carbocycles. The fourth-order valence-electron chi connectivity index (χ4n) is 4.38. The van der Waals surface area contributed by atoms with Crippen molar-refractivity contribution in [1.82, 2.24) is 5.32 Å². The molecule has 4 rings (SSSR count). The number of benzene rings is 4. The van der Waals surface area contributed by atoms with Gasteiger partial charge >= 0.3 is 13.6 Å². The maximum atomic E-state index is 13.1. The minimum absolute atomic E-state index is 0.0619. The first-order chi connectivity index (χ1) is 21.3. The van der Waals surface area contributed by atoms with Crippen LogP contribution < -0.4 is 14.8 Å². The van der Waals surface area contributed by atoms with Gasteiger partial charge in [-0.2, -0.15) is 0 Å². The molecule has 10 heteroatoms. The highest BCUT2D eigenvalue weighted by atomic mass is 31.2. The zero-order chi connectivity index (χ0) is 31.4. The van der Waals surface area contributed by atoms with E-state index in [0.29, 0.717) is 35.8 Å². The van der Waals surface area contributed by atoms with Crippen LogP contribution in [0.2, 0.25) is 0 Å². The largest absolute Gasteiger partial charge is 0.485 e. The van der Waals surface area contributed by atoms with Crippen LogP contribution in [0.3, 0.4) is 0 Å². The van der Waals surface area contributed by atoms with Crippen molar-refractivity contribution in [3.63, 3.8) is 0 Å². The van der Waals surface area contributed by atoms with Crippen LogP contribution in [0.4, 0.5) is 0 Å². The van der Waals surface area contributed by atoms with E-state index in [1.54, 1.807) is 30.3 Å². The molecule has 4 aromatic carbocycles. The second kappa shape index (κ2) is 15.9. The van der Waals surface area contributed by atoms with Gasteiger partial charge in [-0.15, -0.1) is 0 Å². The third-order valence-corrected chi connectivity index (χ3v) is 8.73. The van der Waals surface area contributed by atoms with Crippen molar-refractivity contribution in [3.8, 4) is 11.5 Å². The number of hydrogen-bond acceptors (Lipinski definition) is 8. The van der Waals surface area contributed by atoms with Crippen LogP contribution >= 0.6 is 7.60 Å². The van der Waals surface area contributed by atoms with Crippen molar-refractivity contribution in [2.75, 3.05) is 21.3 Å². The Hall–Kier alpha value is -4.43. The molecule has 0 heterocycles. The third kappa shape index (κ3) is 9.28. The summed E-state index contributed by atoms with van der Waals surface area (Å²) in [5.41, 5.74) is 3.74. The topological polar surface area (TPSA) is 109 Å². The maximum Gasteiger partial charge on any atom is 0.334 e. The predicted octanol–water partition coefficient (Wildman–Crippen LogP) is 6.34. The van der Waals surface area contributed by atoms with E-state index in [-0.39, 0.29) is 12.6 Å². The van der Waals surface area contributed by atoms with Crippen LogP contribution in [0.25, 0.3) is 0 Å². The summed E-state index contributed by atoms with van der Waals surface area (Å²) < 4.78 is 39.7. The number of ether oxygens (including phenoxy) is 3. The highest BCUT2D eigenvalue weighted by Gasteiger charge is 2.25. The Morgan fingerprint density at radius 3 is 1.77 bits per heavy atom. The molecule has 0 aliphatic rings. The first-order valence-corrected chi connectivity index (χ1v) is 15.7. The first-order valence-electron chi connectivity index (χ1n) is 14.0. The molecule has 0 saturated heterocycles. The molecule has 0 radical (unpaired) electrons. The van der Waals surface area contributed by atoms with Gasteiger partial charge in [0.1, 0.15) is 19.3 Å². The Morgan fingerprint density at radius 2 is 1.23 bits per heavy atom. The lowest BCUT2D eigenvalue weighted by Gasteiger charge is -2.19. The standard InChI is InChI=1S/C34H36NO8P/c1-39-34(37)30(35-33(36)29-17-14-27(15-18-29)24-44(38,40-2)41-3)20-28-16-19-31(42-22-25-10-6-4-7-11-25)32(21-28)43-23-26-12-8-5-9-13-26/h4-19,21,30H,20,22-24H2,1-3H3,(H,35,36)/t30-/m0/s1. The van der Waals surface area contributed by atoms with E-state index < -0.39 is 25.5 Å². The van der Waals surface area contributed by atoms with E-state index in [1.165, 1.54) is 21.3 Å². The number of amides is 1. The van der Waals surface area contributed by atoms with E-state index in [4.69, 9.17) is 23.3 Å². The van der Waals surface area contributed by atoms with Crippen LogP contribution in [-0.2, 0) is 48.9 Å². The third-order valence-electron chi connectivity index (χ3n) is 6.86. The highest BCUT2D eigenvalue weighted by Crippen LogP contribution is 2.49. The molecule has 9 nitrogen and oxygen atoms in total. The summed E-state index contributed by atoms with van der Waals surface area (Å²) in [4.78, 5) is 25.8. The molecule has 0 aromatic heterocycles. The second-order valence-electron chi connectivity index (χ2n) is 9.91. The molecule has 0 spiro atoms. The predicted molar refractivity (Wildman–Crippen MR) is 167 cm³/mol. The number of rotatable bonds is 15. The van der Waals surface area contributed by atoms with Crippen LogP contribution in [-0.4, -0.2) is 39.2 Å². The van der Waals surface area contributed by atoms with Gasteiger partial charge in [-0.3, -0.25) is 9.36 Å². The van der Waals surface area contributed by atoms with Crippen molar-refractivity contribution < 1.29 is 37.4 Å². The minimum Gasteiger partial charge on any atom is -0.485 e. The van der Waals surface area contributed by atoms with Crippen molar-refractivity contribution in [2.24, 2.45) is 0 Å². The fraction of sp³-hybridized carbons (Fsp3) is 0.235. The van der Waals surface area contributed by atoms with E-state index in [1.807, 2.05) is 72.8 Å². The Morgan fingerprint density at radius 1 is 0.682 bits per heavy atom. The van der Waals surface area contributed by atoms with Gasteiger partial charge in [0.15, 0.2) is 11.5 Å². The first kappa shape index (κ1) is 32.5. The van der Waals surface area contributed by atoms with Crippen molar-refractivity contribution in [2.45, 2.75) is 31.8 Å². The molecule has 1 amide bonds. The lowest BCUT2D eigenvalue weighted by molar-refractivity contribution is -0.142. The van der Waals surface area contributed by atoms with Gasteiger partial charge in [-0.05, 0) is 46.5 Å². The normalized spacial score (nSPS) is 11.8. The van der Waals surface area contributed by atoms with Gasteiger partial charge in [0.25, 0.3) is 5.91 Å². The molecular formula is C34H36NO8P. The molecule has 1 N–H and O–H groups in total. The van der Waals surface area contributed by atoms with E-state index in [9.17, 15) is 14.2 Å². The number of nitrogens with one attached hydrogen (secondary N) is 1. The summed E-state index contributed by atoms with van der Waals surface area (Å²) in [6.07, 6.45) is 0.217. The van der Waals surface area contributed by atoms with Crippen LogP contribution in [0.1, 0.15) is 32.6 Å². The molecule has 230 valence electrons. The molecule has 0 aliphatic carbocycles. The van der Waals surface area contributed by atoms with E-state index >= 15 is 0 Å². The molecule has 0 fully saturated rings. The zero-order valence-electron chi connectivity index (χ0n) is 24.9. The summed E-state index contributed by atoms with van der Waals surface area (Å²) in [6, 6.07) is 30.5. The number of methoxy groups -OCH3 is 1. The van der Waals surface area contributed by atoms with Crippen LogP contribution in [0.15, 0.2) is 103 Å². The summed E-state index contributed by atoms with van der Waals surface area (Å²) in [6.45, 7) is 0.680. The van der Waals surface area contributed by atoms with Gasteiger partial charge in [0.05, 0.1) is 13.3 Å². The average molecular weight is 618 g/mol. The van der Waals surface area contributed by atoms with Crippen molar-refractivity contribution in [1.29, 1.82) is 0 Å². The number of carbonyl (C=O) groups is 2. The molecule has 0 bridgehead atoms. The van der Waals surface area contributed by atoms with E-state index in [2.05, 4.69) is 5.32 Å². The Bertz CT molecular complexity index is 1550. The molecule has 0 unspecified atom stereocenters. The smallest absolute Gasteiger partial charge is 0.334 e. The van der Waals surface area contributed by atoms with E-state index in [0.717, 1.165) is 16.7 Å². The van der Waals surface area contributed by atoms with Gasteiger partial charge in [0, 0.05) is 26.2 Å². The molecule has 44 heavy (non-hydrogen) atoms. The average Bonchev–Trinajstić information content (AvgIpc) is 3.07. The Balaban J connectivity index is 1.49. The summed E-state index contributed by atoms with van der Waals surface area (Å²) in [5.74, 6) is 0.0141. The summed E-state index contributed by atoms with van der Waals surface area (Å²) in [7, 11) is 0.665. The number of hydrogen-bond donors (Lipinski definition) is 1. The van der Waals surface area contributed by atoms with Crippen molar-refractivity contribution >= 4 is 19.5 Å². The highest BCUT2D eigenvalue weighted by molar-refractivity contribution is 7.52. The molecule has 1 atom stereocenters. The van der Waals surface area contributed by atoms with Gasteiger partial charge in [0.2, 0.25) is 0 Å². The number of esters is 1. The lowest BCUT2D eigenvalue weighted by atomic mass is 10.0. The van der Waals surface area contributed by atoms with Crippen molar-refractivity contribution in [3.05, 3.63) is 131 Å². The molecular weight excluding hydrogens is 581 g/mol. The van der Waals surface area contributed by atoms with Crippen LogP contribution in [0, 0.1) is 0 Å². The number of carbonyl (C=O) groups excluding carboxylic acids is 2. The SMILES string of the molecule is COC(=O)[C@H](Cc1ccc(OCc2ccccc2)c(OCc2ccccc2)c1)NC(=O)c1ccc(CP(=O)(OC)OC)cc1. The minimum atomic E-state index is -3.25. The van der Waals surface area contributed by atoms with Gasteiger partial charge < -0.3 is 28.6 Å². The summed E-state index contributed by atoms with van der Waals surface area (Å²) in [5, 5.41) is 2.77. The zero-order valence-corrected chi connectivity index (χ0v) is 25.8. The lowest BCUT2D eigenvalue weighted by Crippen LogP contribution is -2.43. The van der Waals surface area contributed by atoms with Crippen LogP contribution in [0.5, 0.6) is 11.5 Å². The molecule has 4 aromatic rings. The Kier molecular flexibility index (Phi) is 11.7.